The van der Waals surface area contributed by atoms with Gasteiger partial charge in [0.2, 0.25) is 17.7 Å². The van der Waals surface area contributed by atoms with Crippen molar-refractivity contribution in [2.24, 2.45) is 5.41 Å². The van der Waals surface area contributed by atoms with E-state index in [-0.39, 0.29) is 47.5 Å². The molecule has 4 saturated heterocycles. The molecule has 3 aromatic rings. The van der Waals surface area contributed by atoms with Gasteiger partial charge < -0.3 is 36.4 Å². The van der Waals surface area contributed by atoms with E-state index in [2.05, 4.69) is 72.1 Å². The molecule has 0 bridgehead atoms. The van der Waals surface area contributed by atoms with Crippen molar-refractivity contribution in [2.75, 3.05) is 79.3 Å². The number of anilines is 4. The second kappa shape index (κ2) is 23.9. The van der Waals surface area contributed by atoms with Gasteiger partial charge in [-0.3, -0.25) is 39.1 Å². The number of carbonyl (C=O) groups is 5. The van der Waals surface area contributed by atoms with E-state index in [9.17, 15) is 24.0 Å². The number of nitrogens with one attached hydrogen (secondary N) is 6. The van der Waals surface area contributed by atoms with Gasteiger partial charge in [0.1, 0.15) is 35.6 Å². The number of nitrogens with zero attached hydrogens (tertiary/aromatic N) is 6. The molecule has 1 unspecified atom stereocenters. The molecule has 5 amide bonds. The maximum atomic E-state index is 15.7. The Labute approximate surface area is 427 Å². The Bertz CT molecular complexity index is 2540. The van der Waals surface area contributed by atoms with Crippen LogP contribution in [0.25, 0.3) is 0 Å². The molecule has 1 aromatic heterocycles. The van der Waals surface area contributed by atoms with Crippen LogP contribution >= 0.6 is 0 Å². The van der Waals surface area contributed by atoms with Crippen molar-refractivity contribution >= 4 is 52.5 Å². The van der Waals surface area contributed by atoms with E-state index in [4.69, 9.17) is 0 Å². The molecule has 6 heterocycles. The standard InChI is InChI=1S/C54H72F2N12O5/c1-4-58-38(31-57-22-11-9-7-5-6-8-10-12-23-59-42-15-13-14-39-49(42)52(73)68(51(39)72)43-16-17-47(69)63-50(43)71)32-60-45-30-46(62-36-61-45)66-26-20-54(21-27-66)35-67(34-48(70)64-54)44-29-40(55)37(28-41(44)56)33-65-24-18-53(2,3)19-25-65/h4,13-15,28-31,36,43,57-59H,1,5-12,16-27,32-35H2,2-3H3,(H,64,70)(H,60,61,62)(H,63,69,71)/b38-31-. The van der Waals surface area contributed by atoms with E-state index in [1.165, 1.54) is 18.5 Å². The molecule has 73 heavy (non-hydrogen) atoms. The van der Waals surface area contributed by atoms with Crippen LogP contribution in [-0.2, 0) is 20.9 Å². The Morgan fingerprint density at radius 1 is 0.822 bits per heavy atom. The maximum Gasteiger partial charge on any atom is 0.264 e. The van der Waals surface area contributed by atoms with Crippen molar-refractivity contribution < 1.29 is 32.8 Å². The SMILES string of the molecule is C=CN/C(=C\NCCCCCCCCCCNc1cccc2c1C(=O)N(C1CCC(=O)NC1=O)C2=O)CNc1cc(N2CCC3(CC2)CN(c2cc(F)c(CN4CCC(C)(C)CC4)cc2F)CC(=O)N3)ncn1. The number of halogens is 2. The van der Waals surface area contributed by atoms with Gasteiger partial charge in [0.15, 0.2) is 0 Å². The van der Waals surface area contributed by atoms with Crippen LogP contribution in [0.5, 0.6) is 0 Å². The zero-order valence-electron chi connectivity index (χ0n) is 42.4. The summed E-state index contributed by atoms with van der Waals surface area (Å²) in [6, 6.07) is 8.62. The summed E-state index contributed by atoms with van der Waals surface area (Å²) in [6.07, 6.45) is 17.2. The molecule has 4 fully saturated rings. The molecule has 0 saturated carbocycles. The van der Waals surface area contributed by atoms with Crippen LogP contribution in [0, 0.1) is 17.0 Å². The van der Waals surface area contributed by atoms with Gasteiger partial charge in [-0.05, 0) is 87.8 Å². The van der Waals surface area contributed by atoms with Crippen LogP contribution in [0.2, 0.25) is 0 Å². The molecule has 0 radical (unpaired) electrons. The number of hydrogen-bond donors (Lipinski definition) is 6. The molecule has 17 nitrogen and oxygen atoms in total. The lowest BCUT2D eigenvalue weighted by Crippen LogP contribution is -2.66. The summed E-state index contributed by atoms with van der Waals surface area (Å²) in [4.78, 5) is 79.6. The first-order chi connectivity index (χ1) is 35.2. The number of benzene rings is 2. The van der Waals surface area contributed by atoms with Gasteiger partial charge in [0.05, 0.1) is 41.1 Å². The summed E-state index contributed by atoms with van der Waals surface area (Å²) in [5, 5.41) is 18.8. The Morgan fingerprint density at radius 2 is 1.55 bits per heavy atom. The fourth-order valence-electron chi connectivity index (χ4n) is 10.7. The molecule has 19 heteroatoms. The van der Waals surface area contributed by atoms with Gasteiger partial charge in [-0.1, -0.05) is 65.0 Å². The van der Waals surface area contributed by atoms with E-state index < -0.39 is 46.8 Å². The minimum Gasteiger partial charge on any atom is -0.389 e. The number of unbranched alkanes of at least 4 members (excludes halogenated alkanes) is 7. The fraction of sp³-hybridized carbons (Fsp3) is 0.537. The molecular formula is C54H72F2N12O5. The maximum absolute atomic E-state index is 15.7. The van der Waals surface area contributed by atoms with Crippen LogP contribution in [0.1, 0.15) is 130 Å². The molecule has 2 aromatic carbocycles. The average Bonchev–Trinajstić information content (AvgIpc) is 3.62. The van der Waals surface area contributed by atoms with E-state index >= 15 is 8.78 Å². The number of piperazine rings is 1. The second-order valence-electron chi connectivity index (χ2n) is 21.0. The van der Waals surface area contributed by atoms with Crippen LogP contribution < -0.4 is 41.7 Å². The summed E-state index contributed by atoms with van der Waals surface area (Å²) < 4.78 is 31.2. The lowest BCUT2D eigenvalue weighted by molar-refractivity contribution is -0.136. The molecule has 6 N–H and O–H groups in total. The van der Waals surface area contributed by atoms with Crippen LogP contribution in [0.3, 0.4) is 0 Å². The number of aromatic nitrogens is 2. The number of fused-ring (bicyclic) bond motifs is 1. The van der Waals surface area contributed by atoms with Gasteiger partial charge in [-0.2, -0.15) is 0 Å². The van der Waals surface area contributed by atoms with Crippen molar-refractivity contribution in [3.8, 4) is 0 Å². The quantitative estimate of drug-likeness (QED) is 0.0442. The normalized spacial score (nSPS) is 19.9. The minimum absolute atomic E-state index is 0.0313. The highest BCUT2D eigenvalue weighted by Gasteiger charge is 2.46. The molecule has 392 valence electrons. The number of rotatable bonds is 23. The first-order valence-corrected chi connectivity index (χ1v) is 26.2. The fourth-order valence-corrected chi connectivity index (χ4v) is 10.7. The zero-order valence-corrected chi connectivity index (χ0v) is 42.4. The van der Waals surface area contributed by atoms with E-state index in [0.29, 0.717) is 69.2 Å². The number of hydrogen-bond acceptors (Lipinski definition) is 14. The highest BCUT2D eigenvalue weighted by molar-refractivity contribution is 6.25. The van der Waals surface area contributed by atoms with Gasteiger partial charge in [0.25, 0.3) is 11.8 Å². The molecule has 5 aliphatic heterocycles. The molecule has 8 rings (SSSR count). The molecule has 1 atom stereocenters. The van der Waals surface area contributed by atoms with Crippen LogP contribution in [0.15, 0.2) is 67.4 Å². The van der Waals surface area contributed by atoms with Crippen molar-refractivity contribution in [2.45, 2.75) is 122 Å². The van der Waals surface area contributed by atoms with Gasteiger partial charge in [-0.25, -0.2) is 18.7 Å². The highest BCUT2D eigenvalue weighted by Crippen LogP contribution is 2.36. The van der Waals surface area contributed by atoms with Gasteiger partial charge >= 0.3 is 0 Å². The lowest BCUT2D eigenvalue weighted by Gasteiger charge is -2.48. The second-order valence-corrected chi connectivity index (χ2v) is 21.0. The zero-order chi connectivity index (χ0) is 51.5. The number of carbonyl (C=O) groups excluding carboxylic acids is 5. The van der Waals surface area contributed by atoms with E-state index in [1.807, 2.05) is 12.3 Å². The van der Waals surface area contributed by atoms with E-state index in [0.717, 1.165) is 100 Å². The van der Waals surface area contributed by atoms with E-state index in [1.54, 1.807) is 29.3 Å². The first-order valence-electron chi connectivity index (χ1n) is 26.2. The minimum atomic E-state index is -0.987. The van der Waals surface area contributed by atoms with Crippen LogP contribution in [0.4, 0.5) is 31.8 Å². The molecule has 1 spiro atoms. The third-order valence-corrected chi connectivity index (χ3v) is 15.0. The molecule has 0 aliphatic carbocycles. The predicted octanol–water partition coefficient (Wildman–Crippen LogP) is 6.56. The summed E-state index contributed by atoms with van der Waals surface area (Å²) in [5.74, 6) is -1.76. The number of likely N-dealkylation sites (tertiary alicyclic amines) is 1. The summed E-state index contributed by atoms with van der Waals surface area (Å²) in [5.41, 5.74) is 2.19. The number of piperidine rings is 3. The van der Waals surface area contributed by atoms with Gasteiger partial charge in [-0.15, -0.1) is 0 Å². The Kier molecular flexibility index (Phi) is 17.3. The average molecular weight is 1010 g/mol. The van der Waals surface area contributed by atoms with Crippen molar-refractivity contribution in [1.82, 2.24) is 41.0 Å². The smallest absolute Gasteiger partial charge is 0.264 e. The molecule has 5 aliphatic rings. The van der Waals surface area contributed by atoms with Crippen molar-refractivity contribution in [1.29, 1.82) is 0 Å². The van der Waals surface area contributed by atoms with Gasteiger partial charge in [0, 0.05) is 75.3 Å². The number of imide groups is 2. The first kappa shape index (κ1) is 52.7. The van der Waals surface area contributed by atoms with Crippen LogP contribution in [-0.4, -0.2) is 120 Å². The Hall–Kier alpha value is -6.63. The Balaban J connectivity index is 0.702. The highest BCUT2D eigenvalue weighted by atomic mass is 19.1. The predicted molar refractivity (Wildman–Crippen MR) is 278 cm³/mol. The van der Waals surface area contributed by atoms with Crippen molar-refractivity contribution in [3.63, 3.8) is 0 Å². The Morgan fingerprint density at radius 3 is 2.27 bits per heavy atom. The third-order valence-electron chi connectivity index (χ3n) is 15.0. The largest absolute Gasteiger partial charge is 0.389 e. The third kappa shape index (κ3) is 13.3. The monoisotopic (exact) mass is 1010 g/mol. The lowest BCUT2D eigenvalue weighted by atomic mass is 9.82. The number of amides is 5. The summed E-state index contributed by atoms with van der Waals surface area (Å²) >= 11 is 0. The summed E-state index contributed by atoms with van der Waals surface area (Å²) in [7, 11) is 0. The van der Waals surface area contributed by atoms with Crippen molar-refractivity contribution in [3.05, 3.63) is 95.7 Å². The summed E-state index contributed by atoms with van der Waals surface area (Å²) in [6.45, 7) is 13.9. The molecular weight excluding hydrogens is 935 g/mol. The topological polar surface area (TPSA) is 196 Å².